The van der Waals surface area contributed by atoms with Crippen molar-refractivity contribution in [1.82, 2.24) is 14.5 Å². The third kappa shape index (κ3) is 5.58. The molecule has 3 aliphatic rings. The van der Waals surface area contributed by atoms with Crippen molar-refractivity contribution in [2.75, 3.05) is 48.0 Å². The zero-order valence-corrected chi connectivity index (χ0v) is 28.6. The summed E-state index contributed by atoms with van der Waals surface area (Å²) < 4.78 is 23.0. The van der Waals surface area contributed by atoms with E-state index in [9.17, 15) is 14.4 Å². The van der Waals surface area contributed by atoms with E-state index in [0.29, 0.717) is 44.3 Å². The molecule has 2 amide bonds. The van der Waals surface area contributed by atoms with Gasteiger partial charge in [-0.1, -0.05) is 18.2 Å². The van der Waals surface area contributed by atoms with Crippen LogP contribution in [0.15, 0.2) is 73.1 Å². The number of ketones is 1. The van der Waals surface area contributed by atoms with E-state index in [4.69, 9.17) is 9.72 Å². The van der Waals surface area contributed by atoms with E-state index in [0.717, 1.165) is 56.2 Å². The van der Waals surface area contributed by atoms with Gasteiger partial charge >= 0.3 is 0 Å². The molecule has 254 valence electrons. The Labute approximate surface area is 292 Å². The summed E-state index contributed by atoms with van der Waals surface area (Å²) in [5.41, 5.74) is 4.30. The van der Waals surface area contributed by atoms with Crippen LogP contribution in [0.2, 0.25) is 0 Å². The van der Waals surface area contributed by atoms with Crippen molar-refractivity contribution in [3.8, 4) is 10.4 Å². The first-order valence-corrected chi connectivity index (χ1v) is 17.5. The van der Waals surface area contributed by atoms with Crippen molar-refractivity contribution >= 4 is 46.1 Å². The van der Waals surface area contributed by atoms with Crippen molar-refractivity contribution in [2.45, 2.75) is 26.2 Å². The van der Waals surface area contributed by atoms with Gasteiger partial charge in [0.15, 0.2) is 5.82 Å². The summed E-state index contributed by atoms with van der Waals surface area (Å²) in [5.74, 6) is -0.698. The van der Waals surface area contributed by atoms with E-state index in [1.54, 1.807) is 47.0 Å². The summed E-state index contributed by atoms with van der Waals surface area (Å²) in [5, 5.41) is 2.98. The molecule has 50 heavy (non-hydrogen) atoms. The average Bonchev–Trinajstić information content (AvgIpc) is 3.64. The number of rotatable bonds is 6. The molecule has 8 rings (SSSR count). The van der Waals surface area contributed by atoms with E-state index >= 15 is 4.39 Å². The van der Waals surface area contributed by atoms with Gasteiger partial charge in [0.2, 0.25) is 5.78 Å². The molecule has 12 heteroatoms. The second-order valence-corrected chi connectivity index (χ2v) is 14.3. The Hall–Kier alpha value is -5.20. The number of para-hydroxylation sites is 1. The maximum absolute atomic E-state index is 15.9. The average molecular weight is 691 g/mol. The number of carbonyl (C=O) groups excluding carboxylic acids is 3. The van der Waals surface area contributed by atoms with Gasteiger partial charge in [0, 0.05) is 90.7 Å². The second-order valence-electron chi connectivity index (χ2n) is 13.3. The number of benzene rings is 2. The molecule has 1 N–H and O–H groups in total. The monoisotopic (exact) mass is 690 g/mol. The highest BCUT2D eigenvalue weighted by atomic mass is 32.1. The van der Waals surface area contributed by atoms with E-state index in [-0.39, 0.29) is 40.9 Å². The summed E-state index contributed by atoms with van der Waals surface area (Å²) in [6.45, 7) is 5.40. The quantitative estimate of drug-likeness (QED) is 0.209. The Bertz CT molecular complexity index is 2140. The summed E-state index contributed by atoms with van der Waals surface area (Å²) in [6.07, 6.45) is 5.43. The van der Waals surface area contributed by atoms with Crippen molar-refractivity contribution in [1.29, 1.82) is 0 Å². The third-order valence-corrected chi connectivity index (χ3v) is 11.2. The number of aryl methyl sites for hydroxylation is 2. The number of hydrogen-bond donors (Lipinski definition) is 1. The van der Waals surface area contributed by atoms with Crippen LogP contribution in [0.1, 0.15) is 60.3 Å². The van der Waals surface area contributed by atoms with E-state index in [2.05, 4.69) is 15.2 Å². The minimum absolute atomic E-state index is 0.0122. The van der Waals surface area contributed by atoms with Crippen molar-refractivity contribution in [3.63, 3.8) is 0 Å². The van der Waals surface area contributed by atoms with E-state index < -0.39 is 11.6 Å². The number of ether oxygens (including phenoxy) is 1. The molecule has 0 saturated carbocycles. The number of hydrogen-bond acceptors (Lipinski definition) is 8. The highest BCUT2D eigenvalue weighted by Crippen LogP contribution is 2.45. The minimum atomic E-state index is -0.564. The minimum Gasteiger partial charge on any atom is -0.381 e. The summed E-state index contributed by atoms with van der Waals surface area (Å²) in [4.78, 5) is 54.1. The molecule has 10 nitrogen and oxygen atoms in total. The number of nitrogens with one attached hydrogen (secondary N) is 1. The lowest BCUT2D eigenvalue weighted by Gasteiger charge is -2.53. The fraction of sp³-hybridized carbons (Fsp3) is 0.289. The van der Waals surface area contributed by atoms with Crippen LogP contribution >= 0.6 is 11.3 Å². The smallest absolute Gasteiger partial charge is 0.259 e. The molecule has 1 spiro atoms. The predicted molar refractivity (Wildman–Crippen MR) is 190 cm³/mol. The highest BCUT2D eigenvalue weighted by Gasteiger charge is 2.45. The first-order valence-electron chi connectivity index (χ1n) is 16.7. The molecule has 0 aliphatic carbocycles. The van der Waals surface area contributed by atoms with Crippen molar-refractivity contribution < 1.29 is 23.5 Å². The Morgan fingerprint density at radius 1 is 1.00 bits per heavy atom. The molecule has 0 unspecified atom stereocenters. The lowest BCUT2D eigenvalue weighted by Crippen LogP contribution is -2.59. The maximum atomic E-state index is 15.9. The Morgan fingerprint density at radius 2 is 1.76 bits per heavy atom. The molecule has 2 aromatic carbocycles. The molecule has 3 aromatic heterocycles. The molecule has 2 fully saturated rings. The Morgan fingerprint density at radius 3 is 2.50 bits per heavy atom. The van der Waals surface area contributed by atoms with Gasteiger partial charge in [-0.2, -0.15) is 0 Å². The van der Waals surface area contributed by atoms with Crippen LogP contribution in [0.4, 0.5) is 21.6 Å². The summed E-state index contributed by atoms with van der Waals surface area (Å²) in [6, 6.07) is 17.8. The van der Waals surface area contributed by atoms with Crippen molar-refractivity contribution in [3.05, 3.63) is 112 Å². The van der Waals surface area contributed by atoms with Gasteiger partial charge in [-0.3, -0.25) is 14.4 Å². The Kier molecular flexibility index (Phi) is 8.07. The number of imidazole rings is 1. The number of amides is 2. The first kappa shape index (κ1) is 32.0. The van der Waals surface area contributed by atoms with E-state index in [1.807, 2.05) is 43.3 Å². The number of fused-ring (bicyclic) bond motifs is 3. The maximum Gasteiger partial charge on any atom is 0.259 e. The number of thiophene rings is 1. The van der Waals surface area contributed by atoms with E-state index in [1.165, 1.54) is 6.20 Å². The van der Waals surface area contributed by atoms with Crippen LogP contribution in [0, 0.1) is 18.2 Å². The SMILES string of the molecule is Cc1ccc(C(=O)Nc2ccc(C(=O)N3CCc4c(sc(C(=O)c5nccn5C)c4F)-c4ccccc43)cc2)c(N2CC3(CCOCC3)C2)n1. The number of aromatic nitrogens is 3. The molecule has 2 saturated heterocycles. The summed E-state index contributed by atoms with van der Waals surface area (Å²) >= 11 is 1.09. The molecule has 5 aromatic rings. The van der Waals surface area contributed by atoms with Gasteiger partial charge in [-0.05, 0) is 68.7 Å². The van der Waals surface area contributed by atoms with Crippen LogP contribution in [0.5, 0.6) is 0 Å². The molecule has 0 radical (unpaired) electrons. The lowest BCUT2D eigenvalue weighted by molar-refractivity contribution is -0.000519. The number of pyridine rings is 1. The normalized spacial score (nSPS) is 16.3. The highest BCUT2D eigenvalue weighted by molar-refractivity contribution is 7.17. The molecular formula is C38H35FN6O4S. The lowest BCUT2D eigenvalue weighted by atomic mass is 9.73. The van der Waals surface area contributed by atoms with Gasteiger partial charge in [-0.25, -0.2) is 14.4 Å². The zero-order chi connectivity index (χ0) is 34.6. The second kappa shape index (κ2) is 12.6. The van der Waals surface area contributed by atoms with Gasteiger partial charge in [-0.15, -0.1) is 11.3 Å². The number of nitrogens with zero attached hydrogens (tertiary/aromatic N) is 5. The zero-order valence-electron chi connectivity index (χ0n) is 27.7. The molecule has 0 bridgehead atoms. The number of carbonyl (C=O) groups is 3. The molecule has 3 aliphatic heterocycles. The Balaban J connectivity index is 1.00. The summed E-state index contributed by atoms with van der Waals surface area (Å²) in [7, 11) is 1.70. The fourth-order valence-electron chi connectivity index (χ4n) is 7.22. The number of anilines is 3. The van der Waals surface area contributed by atoms with Gasteiger partial charge in [0.05, 0.1) is 11.3 Å². The van der Waals surface area contributed by atoms with Crippen LogP contribution < -0.4 is 15.1 Å². The standard InChI is InChI=1S/C38H35FN6O4S/c1-23-7-12-28(34(41-23)44-21-38(22-44)14-19-49-20-15-38)36(47)42-25-10-8-24(9-11-25)37(48)45-17-13-27-30(39)33(31(46)35-40-16-18-43(35)2)50-32(27)26-5-3-4-6-29(26)45/h3-12,16,18H,13-15,17,19-22H2,1-2H3,(H,42,47). The molecule has 0 atom stereocenters. The molecular weight excluding hydrogens is 656 g/mol. The van der Waals surface area contributed by atoms with Crippen LogP contribution in [-0.2, 0) is 18.2 Å². The first-order chi connectivity index (χ1) is 24.2. The topological polar surface area (TPSA) is 110 Å². The van der Waals surface area contributed by atoms with Gasteiger partial charge < -0.3 is 24.4 Å². The predicted octanol–water partition coefficient (Wildman–Crippen LogP) is 6.29. The van der Waals surface area contributed by atoms with Gasteiger partial charge in [0.25, 0.3) is 11.8 Å². The number of halogens is 1. The third-order valence-electron chi connectivity index (χ3n) is 10.00. The molecule has 6 heterocycles. The van der Waals surface area contributed by atoms with Crippen molar-refractivity contribution in [2.24, 2.45) is 12.5 Å². The van der Waals surface area contributed by atoms with Crippen LogP contribution in [0.25, 0.3) is 10.4 Å². The fourth-order valence-corrected chi connectivity index (χ4v) is 8.42. The van der Waals surface area contributed by atoms with Crippen LogP contribution in [-0.4, -0.2) is 65.0 Å². The van der Waals surface area contributed by atoms with Gasteiger partial charge in [0.1, 0.15) is 16.5 Å². The largest absolute Gasteiger partial charge is 0.381 e. The van der Waals surface area contributed by atoms with Crippen LogP contribution in [0.3, 0.4) is 0 Å².